The number of aromatic hydroxyl groups is 1. The van der Waals surface area contributed by atoms with E-state index in [1.165, 1.54) is 0 Å². The van der Waals surface area contributed by atoms with E-state index in [9.17, 15) is 5.11 Å². The van der Waals surface area contributed by atoms with Crippen molar-refractivity contribution in [1.29, 1.82) is 5.26 Å². The number of rotatable bonds is 2. The van der Waals surface area contributed by atoms with Gasteiger partial charge >= 0.3 is 0 Å². The van der Waals surface area contributed by atoms with Gasteiger partial charge in [0.05, 0.1) is 22.9 Å². The highest BCUT2D eigenvalue weighted by Crippen LogP contribution is 2.28. The number of hydrogen-bond acceptors (Lipinski definition) is 3. The smallest absolute Gasteiger partial charge is 0.198 e. The molecular formula is C16H10ClN3O. The number of aliphatic imine (C=N–C) groups is 1. The first-order valence-corrected chi connectivity index (χ1v) is 6.59. The molecule has 2 aromatic carbocycles. The van der Waals surface area contributed by atoms with Crippen LogP contribution in [0.25, 0.3) is 10.9 Å². The topological polar surface area (TPSA) is 72.2 Å². The van der Waals surface area contributed by atoms with Crippen molar-refractivity contribution < 1.29 is 5.11 Å². The second-order valence-corrected chi connectivity index (χ2v) is 4.93. The first-order valence-electron chi connectivity index (χ1n) is 6.22. The minimum Gasteiger partial charge on any atom is -0.494 e. The second-order valence-electron chi connectivity index (χ2n) is 4.49. The average molecular weight is 296 g/mol. The number of halogens is 1. The van der Waals surface area contributed by atoms with Crippen LogP contribution in [0.5, 0.6) is 5.88 Å². The minimum absolute atomic E-state index is 0.0460. The molecule has 0 saturated carbocycles. The van der Waals surface area contributed by atoms with Crippen LogP contribution in [0.15, 0.2) is 47.5 Å². The molecule has 0 unspecified atom stereocenters. The summed E-state index contributed by atoms with van der Waals surface area (Å²) in [5, 5.41) is 20.1. The van der Waals surface area contributed by atoms with Crippen molar-refractivity contribution in [2.75, 3.05) is 0 Å². The highest BCUT2D eigenvalue weighted by atomic mass is 35.5. The highest BCUT2D eigenvalue weighted by molar-refractivity contribution is 6.31. The molecule has 2 N–H and O–H groups in total. The number of fused-ring (bicyclic) bond motifs is 1. The lowest BCUT2D eigenvalue weighted by Crippen LogP contribution is -1.79. The summed E-state index contributed by atoms with van der Waals surface area (Å²) in [5.41, 5.74) is 2.65. The van der Waals surface area contributed by atoms with Crippen molar-refractivity contribution in [3.05, 3.63) is 58.6 Å². The molecule has 4 nitrogen and oxygen atoms in total. The highest BCUT2D eigenvalue weighted by Gasteiger charge is 2.09. The maximum Gasteiger partial charge on any atom is 0.198 e. The Morgan fingerprint density at radius 1 is 1.19 bits per heavy atom. The molecule has 102 valence electrons. The van der Waals surface area contributed by atoms with E-state index in [0.29, 0.717) is 21.8 Å². The van der Waals surface area contributed by atoms with Gasteiger partial charge in [-0.2, -0.15) is 5.26 Å². The number of nitrogens with zero attached hydrogens (tertiary/aromatic N) is 2. The lowest BCUT2D eigenvalue weighted by molar-refractivity contribution is 0.457. The molecule has 0 saturated heterocycles. The van der Waals surface area contributed by atoms with Crippen LogP contribution in [0.1, 0.15) is 11.1 Å². The Morgan fingerprint density at radius 3 is 2.67 bits per heavy atom. The Kier molecular flexibility index (Phi) is 3.35. The molecule has 3 rings (SSSR count). The third kappa shape index (κ3) is 2.60. The van der Waals surface area contributed by atoms with Gasteiger partial charge in [0.2, 0.25) is 0 Å². The summed E-state index contributed by atoms with van der Waals surface area (Å²) in [5.74, 6) is 0.0460. The summed E-state index contributed by atoms with van der Waals surface area (Å²) in [6, 6.07) is 14.3. The third-order valence-corrected chi connectivity index (χ3v) is 3.35. The van der Waals surface area contributed by atoms with Crippen molar-refractivity contribution in [3.63, 3.8) is 0 Å². The molecule has 0 radical (unpaired) electrons. The lowest BCUT2D eigenvalue weighted by atomic mass is 10.2. The predicted octanol–water partition coefficient (Wildman–Crippen LogP) is 4.15. The zero-order valence-electron chi connectivity index (χ0n) is 10.8. The van der Waals surface area contributed by atoms with Gasteiger partial charge in [-0.3, -0.25) is 4.99 Å². The van der Waals surface area contributed by atoms with Gasteiger partial charge in [0.1, 0.15) is 0 Å². The molecule has 5 heteroatoms. The van der Waals surface area contributed by atoms with E-state index in [0.717, 1.165) is 10.9 Å². The number of benzene rings is 2. The Labute approximate surface area is 125 Å². The zero-order chi connectivity index (χ0) is 14.8. The van der Waals surface area contributed by atoms with E-state index in [1.807, 2.05) is 0 Å². The summed E-state index contributed by atoms with van der Waals surface area (Å²) in [6.07, 6.45) is 1.58. The molecule has 1 aromatic heterocycles. The molecule has 0 bridgehead atoms. The van der Waals surface area contributed by atoms with Gasteiger partial charge in [-0.25, -0.2) is 0 Å². The average Bonchev–Trinajstić information content (AvgIpc) is 2.80. The molecule has 1 heterocycles. The van der Waals surface area contributed by atoms with Gasteiger partial charge < -0.3 is 10.1 Å². The normalized spacial score (nSPS) is 11.0. The molecule has 0 atom stereocenters. The van der Waals surface area contributed by atoms with Gasteiger partial charge in [0.25, 0.3) is 0 Å². The monoisotopic (exact) mass is 295 g/mol. The van der Waals surface area contributed by atoms with Gasteiger partial charge in [-0.1, -0.05) is 11.6 Å². The van der Waals surface area contributed by atoms with Crippen molar-refractivity contribution in [1.82, 2.24) is 4.98 Å². The number of aromatic amines is 1. The first kappa shape index (κ1) is 13.2. The largest absolute Gasteiger partial charge is 0.494 e. The first-order chi connectivity index (χ1) is 10.2. The molecule has 0 aliphatic heterocycles. The number of nitrogens with one attached hydrogen (secondary N) is 1. The Morgan fingerprint density at radius 2 is 1.95 bits per heavy atom. The van der Waals surface area contributed by atoms with E-state index >= 15 is 0 Å². The summed E-state index contributed by atoms with van der Waals surface area (Å²) in [7, 11) is 0. The predicted molar refractivity (Wildman–Crippen MR) is 83.4 cm³/mol. The third-order valence-electron chi connectivity index (χ3n) is 3.12. The van der Waals surface area contributed by atoms with Crippen LogP contribution >= 0.6 is 11.6 Å². The number of aromatic nitrogens is 1. The van der Waals surface area contributed by atoms with E-state index in [2.05, 4.69) is 16.0 Å². The van der Waals surface area contributed by atoms with Crippen LogP contribution in [0.4, 0.5) is 5.69 Å². The number of nitriles is 1. The fourth-order valence-electron chi connectivity index (χ4n) is 2.06. The molecule has 3 aromatic rings. The fraction of sp³-hybridized carbons (Fsp3) is 0. The molecule has 21 heavy (non-hydrogen) atoms. The lowest BCUT2D eigenvalue weighted by Gasteiger charge is -1.95. The summed E-state index contributed by atoms with van der Waals surface area (Å²) < 4.78 is 0. The quantitative estimate of drug-likeness (QED) is 0.697. The van der Waals surface area contributed by atoms with E-state index in [-0.39, 0.29) is 5.88 Å². The molecule has 0 amide bonds. The molecule has 0 spiro atoms. The maximum atomic E-state index is 9.95. The van der Waals surface area contributed by atoms with Crippen molar-refractivity contribution in [3.8, 4) is 11.9 Å². The van der Waals surface area contributed by atoms with Crippen molar-refractivity contribution >= 4 is 34.4 Å². The summed E-state index contributed by atoms with van der Waals surface area (Å²) in [4.78, 5) is 7.18. The maximum absolute atomic E-state index is 9.95. The van der Waals surface area contributed by atoms with Gasteiger partial charge in [0.15, 0.2) is 5.88 Å². The van der Waals surface area contributed by atoms with Gasteiger partial charge in [-0.15, -0.1) is 0 Å². The van der Waals surface area contributed by atoms with Gasteiger partial charge in [-0.05, 0) is 42.5 Å². The summed E-state index contributed by atoms with van der Waals surface area (Å²) >= 11 is 5.98. The van der Waals surface area contributed by atoms with Crippen LogP contribution in [0.3, 0.4) is 0 Å². The molecular weight excluding hydrogens is 286 g/mol. The van der Waals surface area contributed by atoms with Crippen LogP contribution in [-0.2, 0) is 0 Å². The van der Waals surface area contributed by atoms with Gasteiger partial charge in [0, 0.05) is 22.1 Å². The molecule has 0 aliphatic rings. The van der Waals surface area contributed by atoms with Crippen LogP contribution in [0.2, 0.25) is 5.02 Å². The Hall–Kier alpha value is -2.77. The fourth-order valence-corrected chi connectivity index (χ4v) is 2.23. The van der Waals surface area contributed by atoms with Crippen LogP contribution < -0.4 is 0 Å². The van der Waals surface area contributed by atoms with Crippen LogP contribution in [0, 0.1) is 11.3 Å². The Bertz CT molecular complexity index is 873. The molecule has 0 aliphatic carbocycles. The standard InChI is InChI=1S/C16H10ClN3O/c17-11-3-6-15-13(7-11)14(16(21)20-15)9-19-12-4-1-10(8-18)2-5-12/h1-7,9,20-21H. The SMILES string of the molecule is N#Cc1ccc(N=Cc2c(O)[nH]c3ccc(Cl)cc23)cc1. The number of hydrogen-bond donors (Lipinski definition) is 2. The van der Waals surface area contributed by atoms with Crippen LogP contribution in [-0.4, -0.2) is 16.3 Å². The summed E-state index contributed by atoms with van der Waals surface area (Å²) in [6.45, 7) is 0. The minimum atomic E-state index is 0.0460. The van der Waals surface area contributed by atoms with Crippen molar-refractivity contribution in [2.24, 2.45) is 4.99 Å². The zero-order valence-corrected chi connectivity index (χ0v) is 11.6. The van der Waals surface area contributed by atoms with E-state index in [4.69, 9.17) is 16.9 Å². The van der Waals surface area contributed by atoms with E-state index < -0.39 is 0 Å². The Balaban J connectivity index is 2.00. The van der Waals surface area contributed by atoms with E-state index in [1.54, 1.807) is 48.7 Å². The number of H-pyrrole nitrogens is 1. The van der Waals surface area contributed by atoms with Crippen molar-refractivity contribution in [2.45, 2.75) is 0 Å². The second kappa shape index (κ2) is 5.31. The molecule has 0 fully saturated rings.